The average molecular weight is 337 g/mol. The second kappa shape index (κ2) is 14.7. The summed E-state index contributed by atoms with van der Waals surface area (Å²) in [7, 11) is 0. The van der Waals surface area contributed by atoms with Crippen molar-refractivity contribution in [2.24, 2.45) is 0 Å². The second-order valence-corrected chi connectivity index (χ2v) is 7.52. The van der Waals surface area contributed by atoms with Crippen molar-refractivity contribution in [3.05, 3.63) is 12.4 Å². The first-order chi connectivity index (χ1) is 11.8. The van der Waals surface area contributed by atoms with Crippen LogP contribution in [0.25, 0.3) is 0 Å². The van der Waals surface area contributed by atoms with E-state index < -0.39 is 0 Å². The molecule has 24 heavy (non-hydrogen) atoms. The Hall–Kier alpha value is -0.660. The fourth-order valence-electron chi connectivity index (χ4n) is 3.78. The van der Waals surface area contributed by atoms with Crippen LogP contribution in [0.15, 0.2) is 12.4 Å². The summed E-state index contributed by atoms with van der Waals surface area (Å²) in [6.07, 6.45) is 25.0. The van der Waals surface area contributed by atoms with Gasteiger partial charge in [-0.25, -0.2) is 0 Å². The second-order valence-electron chi connectivity index (χ2n) is 7.52. The summed E-state index contributed by atoms with van der Waals surface area (Å²) in [6, 6.07) is 0. The molecule has 0 saturated carbocycles. The summed E-state index contributed by atoms with van der Waals surface area (Å²) in [4.78, 5) is 5.10. The smallest absolute Gasteiger partial charge is 0.101 e. The van der Waals surface area contributed by atoms with E-state index >= 15 is 0 Å². The summed E-state index contributed by atoms with van der Waals surface area (Å²) in [6.45, 7) is 9.25. The van der Waals surface area contributed by atoms with E-state index in [1.807, 2.05) is 0 Å². The summed E-state index contributed by atoms with van der Waals surface area (Å²) >= 11 is 0. The van der Waals surface area contributed by atoms with Crippen LogP contribution in [0.2, 0.25) is 0 Å². The highest BCUT2D eigenvalue weighted by Crippen LogP contribution is 2.21. The van der Waals surface area contributed by atoms with E-state index in [4.69, 9.17) is 0 Å². The predicted octanol–water partition coefficient (Wildman–Crippen LogP) is 6.92. The van der Waals surface area contributed by atoms with Gasteiger partial charge in [-0.2, -0.15) is 0 Å². The van der Waals surface area contributed by atoms with Crippen LogP contribution >= 0.6 is 0 Å². The molecule has 0 radical (unpaired) electrons. The number of rotatable bonds is 16. The molecule has 1 atom stereocenters. The van der Waals surface area contributed by atoms with Crippen molar-refractivity contribution in [3.8, 4) is 0 Å². The molecular formula is C22H44N2. The van der Waals surface area contributed by atoms with Crippen molar-refractivity contribution in [1.29, 1.82) is 0 Å². The van der Waals surface area contributed by atoms with Gasteiger partial charge in [-0.1, -0.05) is 84.5 Å². The molecular weight excluding hydrogens is 292 g/mol. The zero-order valence-electron chi connectivity index (χ0n) is 16.9. The third-order valence-corrected chi connectivity index (χ3v) is 5.42. The maximum Gasteiger partial charge on any atom is 0.101 e. The van der Waals surface area contributed by atoms with Crippen LogP contribution in [0, 0.1) is 0 Å². The number of hydrogen-bond donors (Lipinski definition) is 0. The van der Waals surface area contributed by atoms with Crippen molar-refractivity contribution >= 4 is 0 Å². The first-order valence-corrected chi connectivity index (χ1v) is 11.0. The molecule has 1 aliphatic heterocycles. The third-order valence-electron chi connectivity index (χ3n) is 5.42. The molecule has 1 rings (SSSR count). The van der Waals surface area contributed by atoms with Crippen LogP contribution < -0.4 is 0 Å². The van der Waals surface area contributed by atoms with Crippen LogP contribution in [0.1, 0.15) is 111 Å². The predicted molar refractivity (Wildman–Crippen MR) is 108 cm³/mol. The molecule has 1 aliphatic rings. The average Bonchev–Trinajstić information content (AvgIpc) is 2.99. The highest BCUT2D eigenvalue weighted by Gasteiger charge is 2.23. The van der Waals surface area contributed by atoms with E-state index in [9.17, 15) is 0 Å². The molecule has 0 spiro atoms. The maximum absolute atomic E-state index is 2.59. The Bertz CT molecular complexity index is 300. The highest BCUT2D eigenvalue weighted by molar-refractivity contribution is 4.96. The quantitative estimate of drug-likeness (QED) is 0.282. The minimum atomic E-state index is 0.637. The fourth-order valence-corrected chi connectivity index (χ4v) is 3.78. The third kappa shape index (κ3) is 8.99. The molecule has 1 heterocycles. The maximum atomic E-state index is 2.59. The molecule has 0 aromatic rings. The largest absolute Gasteiger partial charge is 0.356 e. The van der Waals surface area contributed by atoms with Gasteiger partial charge in [0.25, 0.3) is 0 Å². The zero-order valence-corrected chi connectivity index (χ0v) is 16.9. The molecule has 0 aromatic heterocycles. The van der Waals surface area contributed by atoms with Gasteiger partial charge in [0, 0.05) is 25.5 Å². The number of nitrogens with zero attached hydrogens (tertiary/aromatic N) is 2. The molecule has 0 N–H and O–H groups in total. The molecule has 0 fully saturated rings. The topological polar surface area (TPSA) is 6.48 Å². The van der Waals surface area contributed by atoms with Crippen molar-refractivity contribution in [1.82, 2.24) is 9.80 Å². The van der Waals surface area contributed by atoms with Crippen molar-refractivity contribution in [2.75, 3.05) is 13.1 Å². The van der Waals surface area contributed by atoms with Gasteiger partial charge >= 0.3 is 0 Å². The van der Waals surface area contributed by atoms with Crippen LogP contribution in [-0.4, -0.2) is 29.1 Å². The first-order valence-electron chi connectivity index (χ1n) is 11.0. The number of hydrogen-bond acceptors (Lipinski definition) is 2. The summed E-state index contributed by atoms with van der Waals surface area (Å²) in [5.41, 5.74) is 0. The van der Waals surface area contributed by atoms with Gasteiger partial charge in [0.05, 0.1) is 0 Å². The lowest BCUT2D eigenvalue weighted by atomic mass is 10.1. The zero-order chi connectivity index (χ0) is 17.5. The summed E-state index contributed by atoms with van der Waals surface area (Å²) < 4.78 is 0. The van der Waals surface area contributed by atoms with E-state index in [-0.39, 0.29) is 0 Å². The summed E-state index contributed by atoms with van der Waals surface area (Å²) in [5.74, 6) is 0. The SMILES string of the molecule is CCCCCCCCCCCCCN1C=CN(CC)C1CCCC. The van der Waals surface area contributed by atoms with E-state index in [0.717, 1.165) is 6.54 Å². The van der Waals surface area contributed by atoms with E-state index in [0.29, 0.717) is 6.17 Å². The molecule has 0 aromatic carbocycles. The van der Waals surface area contributed by atoms with Crippen LogP contribution in [0.4, 0.5) is 0 Å². The normalized spacial score (nSPS) is 17.2. The van der Waals surface area contributed by atoms with Gasteiger partial charge in [-0.15, -0.1) is 0 Å². The van der Waals surface area contributed by atoms with Crippen LogP contribution in [-0.2, 0) is 0 Å². The number of unbranched alkanes of at least 4 members (excludes halogenated alkanes) is 11. The Kier molecular flexibility index (Phi) is 13.1. The molecule has 2 heteroatoms. The Labute approximate surface area is 152 Å². The molecule has 0 aliphatic carbocycles. The van der Waals surface area contributed by atoms with Crippen molar-refractivity contribution < 1.29 is 0 Å². The van der Waals surface area contributed by atoms with Crippen LogP contribution in [0.5, 0.6) is 0 Å². The van der Waals surface area contributed by atoms with Gasteiger partial charge in [-0.3, -0.25) is 0 Å². The molecule has 1 unspecified atom stereocenters. The van der Waals surface area contributed by atoms with Gasteiger partial charge in [0.2, 0.25) is 0 Å². The Morgan fingerprint density at radius 1 is 0.583 bits per heavy atom. The standard InChI is InChI=1S/C22H44N2/c1-4-7-9-10-11-12-13-14-15-16-17-19-24-21-20-23(6-3)22(24)18-8-5-2/h20-22H,4-19H2,1-3H3. The molecule has 142 valence electrons. The molecule has 0 amide bonds. The van der Waals surface area contributed by atoms with Gasteiger partial charge in [0.1, 0.15) is 6.17 Å². The summed E-state index contributed by atoms with van der Waals surface area (Å²) in [5, 5.41) is 0. The molecule has 0 saturated heterocycles. The lowest BCUT2D eigenvalue weighted by Gasteiger charge is -2.32. The van der Waals surface area contributed by atoms with Gasteiger partial charge < -0.3 is 9.80 Å². The van der Waals surface area contributed by atoms with Crippen molar-refractivity contribution in [2.45, 2.75) is 117 Å². The molecule has 2 nitrogen and oxygen atoms in total. The first kappa shape index (κ1) is 21.4. The Morgan fingerprint density at radius 3 is 1.62 bits per heavy atom. The van der Waals surface area contributed by atoms with Gasteiger partial charge in [0.15, 0.2) is 0 Å². The lowest BCUT2D eigenvalue weighted by Crippen LogP contribution is -2.38. The Balaban J connectivity index is 1.99. The van der Waals surface area contributed by atoms with E-state index in [1.54, 1.807) is 0 Å². The van der Waals surface area contributed by atoms with Gasteiger partial charge in [-0.05, 0) is 26.2 Å². The monoisotopic (exact) mass is 336 g/mol. The van der Waals surface area contributed by atoms with E-state index in [2.05, 4.69) is 43.0 Å². The fraction of sp³-hybridized carbons (Fsp3) is 0.909. The van der Waals surface area contributed by atoms with Crippen LogP contribution in [0.3, 0.4) is 0 Å². The van der Waals surface area contributed by atoms with Crippen molar-refractivity contribution in [3.63, 3.8) is 0 Å². The van der Waals surface area contributed by atoms with E-state index in [1.165, 1.54) is 96.4 Å². The minimum absolute atomic E-state index is 0.637. The molecule has 0 bridgehead atoms. The lowest BCUT2D eigenvalue weighted by molar-refractivity contribution is 0.143. The minimum Gasteiger partial charge on any atom is -0.356 e. The highest BCUT2D eigenvalue weighted by atomic mass is 15.4. The Morgan fingerprint density at radius 2 is 1.08 bits per heavy atom.